The maximum absolute atomic E-state index is 3.44. The molecule has 0 heterocycles. The van der Waals surface area contributed by atoms with E-state index in [0.717, 1.165) is 12.5 Å². The molecule has 14 heavy (non-hydrogen) atoms. The second-order valence-electron chi connectivity index (χ2n) is 4.39. The number of nitrogens with zero attached hydrogens (tertiary/aromatic N) is 1. The summed E-state index contributed by atoms with van der Waals surface area (Å²) in [5.74, 6) is 0.790. The molecule has 0 aromatic carbocycles. The van der Waals surface area contributed by atoms with Crippen molar-refractivity contribution < 1.29 is 0 Å². The Morgan fingerprint density at radius 1 is 1.14 bits per heavy atom. The van der Waals surface area contributed by atoms with E-state index in [1.165, 1.54) is 39.0 Å². The Kier molecular flexibility index (Phi) is 9.42. The van der Waals surface area contributed by atoms with Gasteiger partial charge >= 0.3 is 0 Å². The maximum atomic E-state index is 3.44. The van der Waals surface area contributed by atoms with E-state index < -0.39 is 0 Å². The van der Waals surface area contributed by atoms with Gasteiger partial charge in [0, 0.05) is 6.54 Å². The Labute approximate surface area is 90.1 Å². The van der Waals surface area contributed by atoms with Gasteiger partial charge in [-0.2, -0.15) is 0 Å². The quantitative estimate of drug-likeness (QED) is 0.575. The van der Waals surface area contributed by atoms with E-state index in [9.17, 15) is 0 Å². The molecule has 1 N–H and O–H groups in total. The Morgan fingerprint density at radius 3 is 2.36 bits per heavy atom. The molecule has 0 aromatic rings. The molecule has 0 unspecified atom stereocenters. The second kappa shape index (κ2) is 9.47. The van der Waals surface area contributed by atoms with Gasteiger partial charge in [0.2, 0.25) is 0 Å². The average Bonchev–Trinajstić information content (AvgIpc) is 2.15. The van der Waals surface area contributed by atoms with Gasteiger partial charge in [0.15, 0.2) is 0 Å². The number of rotatable bonds is 9. The summed E-state index contributed by atoms with van der Waals surface area (Å²) in [6.07, 6.45) is 2.52. The molecule has 0 aliphatic rings. The van der Waals surface area contributed by atoms with Gasteiger partial charge in [0.25, 0.3) is 0 Å². The van der Waals surface area contributed by atoms with Crippen LogP contribution in [-0.4, -0.2) is 37.6 Å². The fourth-order valence-electron chi connectivity index (χ4n) is 1.62. The second-order valence-corrected chi connectivity index (χ2v) is 4.39. The van der Waals surface area contributed by atoms with Gasteiger partial charge in [-0.1, -0.05) is 27.7 Å². The summed E-state index contributed by atoms with van der Waals surface area (Å²) in [4.78, 5) is 2.54. The average molecular weight is 200 g/mol. The fourth-order valence-corrected chi connectivity index (χ4v) is 1.62. The zero-order valence-corrected chi connectivity index (χ0v) is 10.5. The molecule has 0 saturated heterocycles. The first-order valence-corrected chi connectivity index (χ1v) is 6.13. The summed E-state index contributed by atoms with van der Waals surface area (Å²) in [7, 11) is 0. The molecule has 2 heteroatoms. The molecule has 0 bridgehead atoms. The van der Waals surface area contributed by atoms with Gasteiger partial charge in [-0.3, -0.25) is 0 Å². The van der Waals surface area contributed by atoms with Crippen molar-refractivity contribution in [3.63, 3.8) is 0 Å². The third kappa shape index (κ3) is 8.52. The van der Waals surface area contributed by atoms with Crippen LogP contribution in [0.25, 0.3) is 0 Å². The van der Waals surface area contributed by atoms with E-state index in [2.05, 4.69) is 37.9 Å². The van der Waals surface area contributed by atoms with Crippen molar-refractivity contribution in [3.8, 4) is 0 Å². The highest BCUT2D eigenvalue weighted by atomic mass is 15.1. The van der Waals surface area contributed by atoms with Crippen LogP contribution < -0.4 is 5.32 Å². The van der Waals surface area contributed by atoms with E-state index in [1.54, 1.807) is 0 Å². The third-order valence-corrected chi connectivity index (χ3v) is 2.33. The number of hydrogen-bond acceptors (Lipinski definition) is 2. The van der Waals surface area contributed by atoms with Crippen molar-refractivity contribution in [1.82, 2.24) is 10.2 Å². The summed E-state index contributed by atoms with van der Waals surface area (Å²) in [6, 6.07) is 0. The van der Waals surface area contributed by atoms with Crippen LogP contribution in [0.15, 0.2) is 0 Å². The Bertz CT molecular complexity index is 113. The normalized spacial score (nSPS) is 11.6. The fraction of sp³-hybridized carbons (Fsp3) is 1.00. The van der Waals surface area contributed by atoms with Crippen LogP contribution in [0, 0.1) is 5.92 Å². The lowest BCUT2D eigenvalue weighted by atomic mass is 10.2. The monoisotopic (exact) mass is 200 g/mol. The highest BCUT2D eigenvalue weighted by Crippen LogP contribution is 1.98. The molecule has 0 radical (unpaired) electrons. The van der Waals surface area contributed by atoms with E-state index in [0.29, 0.717) is 0 Å². The Balaban J connectivity index is 3.33. The van der Waals surface area contributed by atoms with Gasteiger partial charge in [0.05, 0.1) is 0 Å². The van der Waals surface area contributed by atoms with E-state index in [4.69, 9.17) is 0 Å². The highest BCUT2D eigenvalue weighted by molar-refractivity contribution is 4.59. The summed E-state index contributed by atoms with van der Waals surface area (Å²) in [6.45, 7) is 15.0. The lowest BCUT2D eigenvalue weighted by Gasteiger charge is -2.22. The molecule has 0 saturated carbocycles. The zero-order valence-electron chi connectivity index (χ0n) is 10.5. The SMILES string of the molecule is CCCNCCCN(CC)CC(C)C. The van der Waals surface area contributed by atoms with Gasteiger partial charge in [0.1, 0.15) is 0 Å². The van der Waals surface area contributed by atoms with E-state index in [1.807, 2.05) is 0 Å². The van der Waals surface area contributed by atoms with Crippen LogP contribution in [-0.2, 0) is 0 Å². The van der Waals surface area contributed by atoms with Gasteiger partial charge in [-0.05, 0) is 44.9 Å². The predicted octanol–water partition coefficient (Wildman–Crippen LogP) is 2.35. The van der Waals surface area contributed by atoms with Crippen LogP contribution in [0.2, 0.25) is 0 Å². The first-order chi connectivity index (χ1) is 6.70. The summed E-state index contributed by atoms with van der Waals surface area (Å²) >= 11 is 0. The van der Waals surface area contributed by atoms with Crippen LogP contribution in [0.5, 0.6) is 0 Å². The Hall–Kier alpha value is -0.0800. The molecule has 0 atom stereocenters. The van der Waals surface area contributed by atoms with Crippen LogP contribution in [0.4, 0.5) is 0 Å². The summed E-state index contributed by atoms with van der Waals surface area (Å²) < 4.78 is 0. The van der Waals surface area contributed by atoms with Crippen LogP contribution >= 0.6 is 0 Å². The van der Waals surface area contributed by atoms with Gasteiger partial charge in [-0.15, -0.1) is 0 Å². The number of nitrogens with one attached hydrogen (secondary N) is 1. The lowest BCUT2D eigenvalue weighted by molar-refractivity contribution is 0.252. The van der Waals surface area contributed by atoms with Crippen molar-refractivity contribution in [2.24, 2.45) is 5.92 Å². The van der Waals surface area contributed by atoms with E-state index >= 15 is 0 Å². The molecular formula is C12H28N2. The molecule has 2 nitrogen and oxygen atoms in total. The topological polar surface area (TPSA) is 15.3 Å². The maximum Gasteiger partial charge on any atom is 0.000428 e. The lowest BCUT2D eigenvalue weighted by Crippen LogP contribution is -2.30. The summed E-state index contributed by atoms with van der Waals surface area (Å²) in [5.41, 5.74) is 0. The zero-order chi connectivity index (χ0) is 10.8. The minimum Gasteiger partial charge on any atom is -0.317 e. The van der Waals surface area contributed by atoms with Gasteiger partial charge in [-0.25, -0.2) is 0 Å². The van der Waals surface area contributed by atoms with Crippen LogP contribution in [0.3, 0.4) is 0 Å². The van der Waals surface area contributed by atoms with Crippen molar-refractivity contribution in [2.75, 3.05) is 32.7 Å². The summed E-state index contributed by atoms with van der Waals surface area (Å²) in [5, 5.41) is 3.44. The Morgan fingerprint density at radius 2 is 1.86 bits per heavy atom. The number of hydrogen-bond donors (Lipinski definition) is 1. The smallest absolute Gasteiger partial charge is 0.000428 e. The molecule has 0 aliphatic carbocycles. The van der Waals surface area contributed by atoms with E-state index in [-0.39, 0.29) is 0 Å². The minimum atomic E-state index is 0.790. The predicted molar refractivity (Wildman–Crippen MR) is 64.7 cm³/mol. The molecular weight excluding hydrogens is 172 g/mol. The molecule has 0 rings (SSSR count). The molecule has 0 amide bonds. The van der Waals surface area contributed by atoms with Crippen molar-refractivity contribution >= 4 is 0 Å². The van der Waals surface area contributed by atoms with Crippen LogP contribution in [0.1, 0.15) is 40.5 Å². The molecule has 0 aliphatic heterocycles. The standard InChI is InChI=1S/C12H28N2/c1-5-8-13-9-7-10-14(6-2)11-12(3)4/h12-13H,5-11H2,1-4H3. The minimum absolute atomic E-state index is 0.790. The van der Waals surface area contributed by atoms with Crippen molar-refractivity contribution in [3.05, 3.63) is 0 Å². The highest BCUT2D eigenvalue weighted by Gasteiger charge is 2.03. The molecule has 0 spiro atoms. The largest absolute Gasteiger partial charge is 0.317 e. The third-order valence-electron chi connectivity index (χ3n) is 2.33. The van der Waals surface area contributed by atoms with Gasteiger partial charge < -0.3 is 10.2 Å². The first kappa shape index (κ1) is 13.9. The molecule has 0 fully saturated rings. The molecule has 0 aromatic heterocycles. The van der Waals surface area contributed by atoms with Crippen molar-refractivity contribution in [2.45, 2.75) is 40.5 Å². The molecule has 86 valence electrons. The first-order valence-electron chi connectivity index (χ1n) is 6.13. The van der Waals surface area contributed by atoms with Crippen molar-refractivity contribution in [1.29, 1.82) is 0 Å².